The first-order valence-electron chi connectivity index (χ1n) is 5.65. The van der Waals surface area contributed by atoms with Crippen molar-refractivity contribution in [3.63, 3.8) is 0 Å². The molecule has 0 bridgehead atoms. The van der Waals surface area contributed by atoms with Gasteiger partial charge in [-0.05, 0) is 37.9 Å². The highest BCUT2D eigenvalue weighted by Gasteiger charge is 2.20. The van der Waals surface area contributed by atoms with Crippen LogP contribution in [-0.4, -0.2) is 23.4 Å². The smallest absolute Gasteiger partial charge is 0.168 e. The van der Waals surface area contributed by atoms with Crippen LogP contribution >= 0.6 is 0 Å². The summed E-state index contributed by atoms with van der Waals surface area (Å²) in [4.78, 5) is 16.0. The van der Waals surface area contributed by atoms with Crippen molar-refractivity contribution in [2.24, 2.45) is 0 Å². The number of aryl methyl sites for hydroxylation is 1. The summed E-state index contributed by atoms with van der Waals surface area (Å²) in [6, 6.07) is 2.13. The summed E-state index contributed by atoms with van der Waals surface area (Å²) in [5, 5.41) is 3.31. The molecule has 1 aromatic heterocycles. The first kappa shape index (κ1) is 11.1. The van der Waals surface area contributed by atoms with Gasteiger partial charge in [0.1, 0.15) is 5.82 Å². The molecule has 2 rings (SSSR count). The van der Waals surface area contributed by atoms with Crippen molar-refractivity contribution in [2.75, 3.05) is 12.3 Å². The first-order valence-corrected chi connectivity index (χ1v) is 5.65. The number of hydrogen-bond acceptors (Lipinski definition) is 4. The van der Waals surface area contributed by atoms with Gasteiger partial charge in [-0.2, -0.15) is 0 Å². The van der Waals surface area contributed by atoms with Gasteiger partial charge in [-0.3, -0.25) is 4.79 Å². The second-order valence-electron chi connectivity index (χ2n) is 4.37. The molecule has 1 atom stereocenters. The lowest BCUT2D eigenvalue weighted by molar-refractivity contribution is 0.0972. The third-order valence-corrected chi connectivity index (χ3v) is 2.95. The highest BCUT2D eigenvalue weighted by atomic mass is 16.1. The Morgan fingerprint density at radius 2 is 2.50 bits per heavy atom. The van der Waals surface area contributed by atoms with Crippen LogP contribution in [0.5, 0.6) is 0 Å². The predicted molar refractivity (Wildman–Crippen MR) is 63.4 cm³/mol. The molecule has 1 unspecified atom stereocenters. The number of ketones is 1. The molecular weight excluding hydrogens is 202 g/mol. The van der Waals surface area contributed by atoms with E-state index < -0.39 is 0 Å². The Morgan fingerprint density at radius 1 is 1.69 bits per heavy atom. The molecule has 16 heavy (non-hydrogen) atoms. The van der Waals surface area contributed by atoms with Gasteiger partial charge in [0.15, 0.2) is 5.78 Å². The number of carbonyl (C=O) groups is 1. The van der Waals surface area contributed by atoms with E-state index in [0.717, 1.165) is 24.9 Å². The molecule has 0 amide bonds. The van der Waals surface area contributed by atoms with Crippen LogP contribution in [0.15, 0.2) is 12.3 Å². The molecule has 1 fully saturated rings. The van der Waals surface area contributed by atoms with Crippen LogP contribution in [0.3, 0.4) is 0 Å². The van der Waals surface area contributed by atoms with Gasteiger partial charge < -0.3 is 11.1 Å². The largest absolute Gasteiger partial charge is 0.383 e. The average molecular weight is 219 g/mol. The van der Waals surface area contributed by atoms with E-state index in [0.29, 0.717) is 23.8 Å². The van der Waals surface area contributed by atoms with Crippen LogP contribution in [0, 0.1) is 6.92 Å². The van der Waals surface area contributed by atoms with E-state index >= 15 is 0 Å². The van der Waals surface area contributed by atoms with Crippen molar-refractivity contribution in [3.8, 4) is 0 Å². The normalized spacial score (nSPS) is 19.9. The zero-order chi connectivity index (χ0) is 11.5. The maximum atomic E-state index is 12.0. The Morgan fingerprint density at radius 3 is 3.19 bits per heavy atom. The Bertz CT molecular complexity index is 397. The summed E-state index contributed by atoms with van der Waals surface area (Å²) in [5.41, 5.74) is 7.25. The Labute approximate surface area is 95.3 Å². The lowest BCUT2D eigenvalue weighted by atomic mass is 10.0. The molecule has 1 aliphatic rings. The molecule has 4 heteroatoms. The fraction of sp³-hybridized carbons (Fsp3) is 0.500. The van der Waals surface area contributed by atoms with E-state index in [1.165, 1.54) is 0 Å². The molecule has 0 aliphatic carbocycles. The Kier molecular flexibility index (Phi) is 3.19. The second-order valence-corrected chi connectivity index (χ2v) is 4.37. The number of carbonyl (C=O) groups excluding carboxylic acids is 1. The molecule has 0 aromatic carbocycles. The summed E-state index contributed by atoms with van der Waals surface area (Å²) in [5.74, 6) is 0.432. The number of rotatable bonds is 3. The van der Waals surface area contributed by atoms with Crippen molar-refractivity contribution in [1.29, 1.82) is 0 Å². The van der Waals surface area contributed by atoms with Gasteiger partial charge in [0, 0.05) is 18.7 Å². The Hall–Kier alpha value is -1.42. The van der Waals surface area contributed by atoms with Gasteiger partial charge in [0.2, 0.25) is 0 Å². The molecule has 0 radical (unpaired) electrons. The minimum atomic E-state index is 0.0908. The van der Waals surface area contributed by atoms with Crippen LogP contribution in [0.25, 0.3) is 0 Å². The monoisotopic (exact) mass is 219 g/mol. The number of nitrogens with zero attached hydrogens (tertiary/aromatic N) is 1. The minimum absolute atomic E-state index is 0.0908. The van der Waals surface area contributed by atoms with E-state index in [4.69, 9.17) is 5.73 Å². The summed E-state index contributed by atoms with van der Waals surface area (Å²) >= 11 is 0. The van der Waals surface area contributed by atoms with Gasteiger partial charge in [0.25, 0.3) is 0 Å². The number of aromatic nitrogens is 1. The summed E-state index contributed by atoms with van der Waals surface area (Å²) in [7, 11) is 0. The molecule has 4 nitrogen and oxygen atoms in total. The number of hydrogen-bond donors (Lipinski definition) is 2. The van der Waals surface area contributed by atoms with Crippen molar-refractivity contribution in [1.82, 2.24) is 10.3 Å². The van der Waals surface area contributed by atoms with Gasteiger partial charge in [-0.1, -0.05) is 0 Å². The lowest BCUT2D eigenvalue weighted by Crippen LogP contribution is -2.25. The number of nitrogen functional groups attached to an aromatic ring is 1. The maximum Gasteiger partial charge on any atom is 0.168 e. The third kappa shape index (κ3) is 2.39. The van der Waals surface area contributed by atoms with Crippen LogP contribution < -0.4 is 11.1 Å². The van der Waals surface area contributed by atoms with Crippen molar-refractivity contribution >= 4 is 11.6 Å². The summed E-state index contributed by atoms with van der Waals surface area (Å²) in [6.07, 6.45) is 4.43. The van der Waals surface area contributed by atoms with Crippen molar-refractivity contribution in [3.05, 3.63) is 23.4 Å². The molecule has 2 heterocycles. The molecule has 0 spiro atoms. The lowest BCUT2D eigenvalue weighted by Gasteiger charge is -2.10. The van der Waals surface area contributed by atoms with E-state index in [-0.39, 0.29) is 5.78 Å². The zero-order valence-corrected chi connectivity index (χ0v) is 9.49. The summed E-state index contributed by atoms with van der Waals surface area (Å²) < 4.78 is 0. The summed E-state index contributed by atoms with van der Waals surface area (Å²) in [6.45, 7) is 2.93. The highest BCUT2D eigenvalue weighted by molar-refractivity contribution is 6.00. The van der Waals surface area contributed by atoms with Gasteiger partial charge >= 0.3 is 0 Å². The van der Waals surface area contributed by atoms with Crippen molar-refractivity contribution < 1.29 is 4.79 Å². The van der Waals surface area contributed by atoms with E-state index in [1.807, 2.05) is 13.0 Å². The zero-order valence-electron chi connectivity index (χ0n) is 9.49. The molecule has 86 valence electrons. The predicted octanol–water partition coefficient (Wildman–Crippen LogP) is 1.30. The standard InChI is InChI=1S/C12H17N3O/c1-8-5-10(12(13)15-7-8)11(16)6-9-3-2-4-14-9/h5,7,9,14H,2-4,6H2,1H3,(H2,13,15). The van der Waals surface area contributed by atoms with Crippen LogP contribution in [0.2, 0.25) is 0 Å². The number of nitrogens with one attached hydrogen (secondary N) is 1. The fourth-order valence-electron chi connectivity index (χ4n) is 2.07. The van der Waals surface area contributed by atoms with Crippen LogP contribution in [-0.2, 0) is 0 Å². The quantitative estimate of drug-likeness (QED) is 0.752. The van der Waals surface area contributed by atoms with Gasteiger partial charge in [-0.15, -0.1) is 0 Å². The van der Waals surface area contributed by atoms with Crippen LogP contribution in [0.4, 0.5) is 5.82 Å². The second kappa shape index (κ2) is 4.61. The third-order valence-electron chi connectivity index (χ3n) is 2.95. The molecule has 3 N–H and O–H groups in total. The van der Waals surface area contributed by atoms with E-state index in [2.05, 4.69) is 10.3 Å². The number of pyridine rings is 1. The molecule has 1 aromatic rings. The SMILES string of the molecule is Cc1cnc(N)c(C(=O)CC2CCCN2)c1. The van der Waals surface area contributed by atoms with Gasteiger partial charge in [-0.25, -0.2) is 4.98 Å². The maximum absolute atomic E-state index is 12.0. The minimum Gasteiger partial charge on any atom is -0.383 e. The van der Waals surface area contributed by atoms with E-state index in [1.54, 1.807) is 6.20 Å². The fourth-order valence-corrected chi connectivity index (χ4v) is 2.07. The van der Waals surface area contributed by atoms with E-state index in [9.17, 15) is 4.79 Å². The first-order chi connectivity index (χ1) is 7.66. The number of nitrogens with two attached hydrogens (primary N) is 1. The molecular formula is C12H17N3O. The average Bonchev–Trinajstić information content (AvgIpc) is 2.74. The molecule has 1 aliphatic heterocycles. The molecule has 1 saturated heterocycles. The number of Topliss-reactive ketones (excluding diaryl/α,β-unsaturated/α-hetero) is 1. The topological polar surface area (TPSA) is 68.0 Å². The number of anilines is 1. The van der Waals surface area contributed by atoms with Gasteiger partial charge in [0.05, 0.1) is 5.56 Å². The van der Waals surface area contributed by atoms with Crippen molar-refractivity contribution in [2.45, 2.75) is 32.2 Å². The highest BCUT2D eigenvalue weighted by Crippen LogP contribution is 2.17. The Balaban J connectivity index is 2.10. The molecule has 0 saturated carbocycles. The van der Waals surface area contributed by atoms with Crippen LogP contribution in [0.1, 0.15) is 35.2 Å².